The third-order valence-corrected chi connectivity index (χ3v) is 5.94. The summed E-state index contributed by atoms with van der Waals surface area (Å²) in [7, 11) is 0. The minimum Gasteiger partial charge on any atom is -0.481 e. The number of hydrogen-bond donors (Lipinski definition) is 7. The van der Waals surface area contributed by atoms with E-state index in [0.29, 0.717) is 24.3 Å². The lowest BCUT2D eigenvalue weighted by atomic mass is 9.73. The predicted molar refractivity (Wildman–Crippen MR) is 116 cm³/mol. The number of rotatable bonds is 15. The summed E-state index contributed by atoms with van der Waals surface area (Å²) in [5, 5.41) is 28.1. The molecule has 5 unspecified atom stereocenters. The normalized spacial score (nSPS) is 22.6. The average molecular weight is 488 g/mol. The van der Waals surface area contributed by atoms with Crippen molar-refractivity contribution in [2.24, 2.45) is 28.9 Å². The van der Waals surface area contributed by atoms with Crippen molar-refractivity contribution in [3.63, 3.8) is 0 Å². The van der Waals surface area contributed by atoms with Crippen LogP contribution in [-0.4, -0.2) is 92.4 Å². The van der Waals surface area contributed by atoms with Crippen LogP contribution in [0.25, 0.3) is 0 Å². The lowest BCUT2D eigenvalue weighted by Crippen LogP contribution is -2.69. The highest BCUT2D eigenvalue weighted by Gasteiger charge is 2.65. The summed E-state index contributed by atoms with van der Waals surface area (Å²) < 4.78 is 0. The molecule has 34 heavy (non-hydrogen) atoms. The van der Waals surface area contributed by atoms with Crippen molar-refractivity contribution >= 4 is 35.4 Å². The number of amides is 1. The topological polar surface area (TPSA) is 270 Å². The molecular formula is C20H33N5O9. The molecular weight excluding hydrogens is 454 g/mol. The summed E-state index contributed by atoms with van der Waals surface area (Å²) in [5.74, 6) is -9.34. The Kier molecular flexibility index (Phi) is 10.7. The first-order chi connectivity index (χ1) is 15.8. The molecule has 0 aromatic heterocycles. The monoisotopic (exact) mass is 487 g/mol. The van der Waals surface area contributed by atoms with E-state index in [9.17, 15) is 33.9 Å². The van der Waals surface area contributed by atoms with E-state index in [1.54, 1.807) is 0 Å². The van der Waals surface area contributed by atoms with E-state index in [1.165, 1.54) is 0 Å². The van der Waals surface area contributed by atoms with Crippen molar-refractivity contribution in [1.82, 2.24) is 4.90 Å². The van der Waals surface area contributed by atoms with Gasteiger partial charge in [0, 0.05) is 13.0 Å². The number of hydrogen-bond acceptors (Lipinski definition) is 10. The van der Waals surface area contributed by atoms with Gasteiger partial charge in [0.15, 0.2) is 11.6 Å². The minimum absolute atomic E-state index is 0.161. The van der Waals surface area contributed by atoms with Gasteiger partial charge in [0.1, 0.15) is 0 Å². The van der Waals surface area contributed by atoms with Crippen LogP contribution in [0.3, 0.4) is 0 Å². The van der Waals surface area contributed by atoms with Gasteiger partial charge in [-0.2, -0.15) is 0 Å². The molecule has 0 aromatic carbocycles. The number of Topliss-reactive ketones (excluding diaryl/α,β-unsaturated/α-hetero) is 2. The third kappa shape index (κ3) is 6.34. The molecule has 5 atom stereocenters. The number of carboxylic acid groups (broad SMARTS) is 3. The van der Waals surface area contributed by atoms with Gasteiger partial charge in [-0.05, 0) is 32.2 Å². The smallest absolute Gasteiger partial charge is 0.338 e. The van der Waals surface area contributed by atoms with Crippen molar-refractivity contribution in [3.05, 3.63) is 0 Å². The average Bonchev–Trinajstić information content (AvgIpc) is 3.16. The van der Waals surface area contributed by atoms with Crippen LogP contribution in [0.5, 0.6) is 0 Å². The van der Waals surface area contributed by atoms with Gasteiger partial charge in [-0.1, -0.05) is 6.42 Å². The molecule has 1 amide bonds. The molecule has 0 aliphatic carbocycles. The Hall–Kier alpha value is -2.94. The second kappa shape index (κ2) is 12.5. The van der Waals surface area contributed by atoms with E-state index in [4.69, 9.17) is 33.1 Å². The molecule has 1 heterocycles. The molecule has 192 valence electrons. The number of likely N-dealkylation sites (tertiary alicyclic amines) is 1. The lowest BCUT2D eigenvalue weighted by molar-refractivity contribution is -0.167. The highest BCUT2D eigenvalue weighted by atomic mass is 16.4. The van der Waals surface area contributed by atoms with Crippen molar-refractivity contribution in [1.29, 1.82) is 0 Å². The number of carbonyl (C=O) groups is 6. The fourth-order valence-electron chi connectivity index (χ4n) is 4.22. The molecule has 0 radical (unpaired) electrons. The van der Waals surface area contributed by atoms with Crippen molar-refractivity contribution in [2.45, 2.75) is 68.6 Å². The number of aliphatic carboxylic acids is 3. The van der Waals surface area contributed by atoms with Gasteiger partial charge >= 0.3 is 17.9 Å². The number of carbonyl (C=O) groups excluding carboxylic acids is 3. The van der Waals surface area contributed by atoms with E-state index in [1.807, 2.05) is 0 Å². The van der Waals surface area contributed by atoms with E-state index >= 15 is 0 Å². The summed E-state index contributed by atoms with van der Waals surface area (Å²) in [6, 6.07) is -4.48. The van der Waals surface area contributed by atoms with Crippen molar-refractivity contribution in [3.8, 4) is 0 Å². The van der Waals surface area contributed by atoms with E-state index in [-0.39, 0.29) is 19.4 Å². The van der Waals surface area contributed by atoms with Gasteiger partial charge in [0.2, 0.25) is 11.4 Å². The first-order valence-corrected chi connectivity index (χ1v) is 10.9. The maximum absolute atomic E-state index is 13.4. The van der Waals surface area contributed by atoms with Crippen LogP contribution in [-0.2, 0) is 28.8 Å². The number of nitrogens with zero attached hydrogens (tertiary/aromatic N) is 1. The Labute approximate surface area is 195 Å². The molecule has 11 N–H and O–H groups in total. The predicted octanol–water partition coefficient (Wildman–Crippen LogP) is -2.75. The Morgan fingerprint density at radius 1 is 0.882 bits per heavy atom. The van der Waals surface area contributed by atoms with Gasteiger partial charge < -0.3 is 43.2 Å². The molecule has 0 bridgehead atoms. The number of ketones is 2. The largest absolute Gasteiger partial charge is 0.481 e. The van der Waals surface area contributed by atoms with Gasteiger partial charge in [0.25, 0.3) is 0 Å². The Bertz CT molecular complexity index is 820. The molecule has 0 spiro atoms. The van der Waals surface area contributed by atoms with E-state index in [2.05, 4.69) is 0 Å². The van der Waals surface area contributed by atoms with Gasteiger partial charge in [-0.25, -0.2) is 4.79 Å². The van der Waals surface area contributed by atoms with Gasteiger partial charge in [-0.15, -0.1) is 0 Å². The maximum atomic E-state index is 13.4. The minimum atomic E-state index is -2.80. The molecule has 1 aliphatic heterocycles. The Morgan fingerprint density at radius 2 is 1.50 bits per heavy atom. The van der Waals surface area contributed by atoms with E-state index < -0.39 is 84.2 Å². The maximum Gasteiger partial charge on any atom is 0.338 e. The zero-order valence-electron chi connectivity index (χ0n) is 18.7. The molecule has 1 fully saturated rings. The summed E-state index contributed by atoms with van der Waals surface area (Å²) >= 11 is 0. The Morgan fingerprint density at radius 3 is 2.00 bits per heavy atom. The number of carboxylic acids is 3. The summed E-state index contributed by atoms with van der Waals surface area (Å²) in [6.45, 7) is -0.0359. The molecule has 0 saturated carbocycles. The molecule has 1 rings (SSSR count). The van der Waals surface area contributed by atoms with Crippen LogP contribution in [0.15, 0.2) is 0 Å². The Balaban J connectivity index is 3.49. The highest BCUT2D eigenvalue weighted by Crippen LogP contribution is 2.39. The van der Waals surface area contributed by atoms with Crippen LogP contribution in [0.1, 0.15) is 44.9 Å². The number of unbranched alkanes of at least 4 members (excludes halogenated alkanes) is 1. The molecule has 14 heteroatoms. The summed E-state index contributed by atoms with van der Waals surface area (Å²) in [4.78, 5) is 74.7. The molecule has 1 saturated heterocycles. The first-order valence-electron chi connectivity index (χ1n) is 10.9. The molecule has 1 aliphatic rings. The van der Waals surface area contributed by atoms with Crippen LogP contribution < -0.4 is 22.9 Å². The van der Waals surface area contributed by atoms with Crippen LogP contribution >= 0.6 is 0 Å². The first kappa shape index (κ1) is 29.1. The lowest BCUT2D eigenvalue weighted by Gasteiger charge is -2.39. The van der Waals surface area contributed by atoms with Gasteiger partial charge in [-0.3, -0.25) is 24.0 Å². The van der Waals surface area contributed by atoms with Crippen LogP contribution in [0.2, 0.25) is 0 Å². The van der Waals surface area contributed by atoms with Crippen molar-refractivity contribution < 1.29 is 44.1 Å². The molecule has 0 aromatic rings. The van der Waals surface area contributed by atoms with Crippen LogP contribution in [0.4, 0.5) is 0 Å². The SMILES string of the molecule is NCCCCC(N)C(=O)C1CCN(C(=O)C(N)CC(=O)O)C1(C(=O)O)C(=O)C(N)CCC(=O)O. The zero-order chi connectivity index (χ0) is 26.2. The highest BCUT2D eigenvalue weighted by molar-refractivity contribution is 6.17. The third-order valence-electron chi connectivity index (χ3n) is 5.94. The summed E-state index contributed by atoms with van der Waals surface area (Å²) in [5.41, 5.74) is 20.1. The fourth-order valence-corrected chi connectivity index (χ4v) is 4.22. The number of nitrogens with two attached hydrogens (primary N) is 4. The second-order valence-corrected chi connectivity index (χ2v) is 8.30. The van der Waals surface area contributed by atoms with Crippen molar-refractivity contribution in [2.75, 3.05) is 13.1 Å². The second-order valence-electron chi connectivity index (χ2n) is 8.30. The van der Waals surface area contributed by atoms with Crippen LogP contribution in [0, 0.1) is 5.92 Å². The quantitative estimate of drug-likeness (QED) is 0.0912. The fraction of sp³-hybridized carbons (Fsp3) is 0.700. The standard InChI is InChI=1S/C20H33N5O9/c21-7-2-1-3-11(22)16(30)10-6-8-25(18(32)13(24)9-15(28)29)20(10,19(33)34)17(31)12(23)4-5-14(26)27/h10-13H,1-9,21-24H2,(H,26,27)(H,28,29)(H,33,34). The molecule has 14 nitrogen and oxygen atoms in total. The zero-order valence-corrected chi connectivity index (χ0v) is 18.7. The van der Waals surface area contributed by atoms with Gasteiger partial charge in [0.05, 0.1) is 30.5 Å². The summed E-state index contributed by atoms with van der Waals surface area (Å²) in [6.07, 6.45) is -0.923. The van der Waals surface area contributed by atoms with E-state index in [0.717, 1.165) is 0 Å².